The molecule has 0 spiro atoms. The zero-order chi connectivity index (χ0) is 12.8. The standard InChI is InChI=1S/C11H22N4O2/c1-3-15(7-9-5-4-6-13-9)8(2)10(16)14-11(12)17/h8-9,13H,3-7H2,1-2H3,(H3,12,14,16,17). The van der Waals surface area contributed by atoms with E-state index in [2.05, 4.69) is 10.6 Å². The van der Waals surface area contributed by atoms with Crippen molar-refractivity contribution in [3.8, 4) is 0 Å². The minimum absolute atomic E-state index is 0.336. The lowest BCUT2D eigenvalue weighted by atomic mass is 10.1. The van der Waals surface area contributed by atoms with Crippen LogP contribution in [-0.2, 0) is 4.79 Å². The van der Waals surface area contributed by atoms with Crippen molar-refractivity contribution in [2.24, 2.45) is 5.73 Å². The Kier molecular flexibility index (Phi) is 5.37. The lowest BCUT2D eigenvalue weighted by Crippen LogP contribution is -2.51. The Balaban J connectivity index is 2.47. The predicted molar refractivity (Wildman–Crippen MR) is 65.5 cm³/mol. The molecule has 1 rings (SSSR count). The van der Waals surface area contributed by atoms with Crippen molar-refractivity contribution < 1.29 is 9.59 Å². The van der Waals surface area contributed by atoms with Crippen LogP contribution in [0.3, 0.4) is 0 Å². The number of amides is 3. The van der Waals surface area contributed by atoms with Gasteiger partial charge in [0, 0.05) is 12.6 Å². The molecule has 98 valence electrons. The number of primary amides is 1. The molecule has 0 aromatic rings. The molecule has 3 amide bonds. The molecule has 1 fully saturated rings. The topological polar surface area (TPSA) is 87.5 Å². The lowest BCUT2D eigenvalue weighted by Gasteiger charge is -2.29. The van der Waals surface area contributed by atoms with E-state index in [4.69, 9.17) is 5.73 Å². The number of urea groups is 1. The highest BCUT2D eigenvalue weighted by Gasteiger charge is 2.24. The largest absolute Gasteiger partial charge is 0.351 e. The predicted octanol–water partition coefficient (Wildman–Crippen LogP) is -0.356. The van der Waals surface area contributed by atoms with E-state index in [0.717, 1.165) is 26.1 Å². The number of carbonyl (C=O) groups is 2. The van der Waals surface area contributed by atoms with Crippen molar-refractivity contribution in [1.29, 1.82) is 0 Å². The molecule has 4 N–H and O–H groups in total. The molecule has 2 atom stereocenters. The molecule has 1 saturated heterocycles. The summed E-state index contributed by atoms with van der Waals surface area (Å²) in [7, 11) is 0. The molecule has 0 aliphatic carbocycles. The van der Waals surface area contributed by atoms with E-state index in [1.54, 1.807) is 6.92 Å². The highest BCUT2D eigenvalue weighted by atomic mass is 16.2. The quantitative estimate of drug-likeness (QED) is 0.614. The van der Waals surface area contributed by atoms with E-state index in [0.29, 0.717) is 6.04 Å². The third-order valence-corrected chi connectivity index (χ3v) is 3.20. The number of hydrogen-bond acceptors (Lipinski definition) is 4. The summed E-state index contributed by atoms with van der Waals surface area (Å²) < 4.78 is 0. The van der Waals surface area contributed by atoms with Gasteiger partial charge in [0.25, 0.3) is 0 Å². The van der Waals surface area contributed by atoms with Crippen molar-refractivity contribution >= 4 is 11.9 Å². The fourth-order valence-electron chi connectivity index (χ4n) is 2.15. The smallest absolute Gasteiger partial charge is 0.318 e. The summed E-state index contributed by atoms with van der Waals surface area (Å²) in [5.41, 5.74) is 4.93. The molecule has 6 nitrogen and oxygen atoms in total. The van der Waals surface area contributed by atoms with E-state index in [9.17, 15) is 9.59 Å². The molecular formula is C11H22N4O2. The highest BCUT2D eigenvalue weighted by Crippen LogP contribution is 2.09. The summed E-state index contributed by atoms with van der Waals surface area (Å²) in [5, 5.41) is 5.51. The van der Waals surface area contributed by atoms with Gasteiger partial charge in [0.2, 0.25) is 5.91 Å². The number of imide groups is 1. The summed E-state index contributed by atoms with van der Waals surface area (Å²) >= 11 is 0. The maximum Gasteiger partial charge on any atom is 0.318 e. The van der Waals surface area contributed by atoms with Crippen LogP contribution in [0.1, 0.15) is 26.7 Å². The molecule has 0 bridgehead atoms. The molecule has 17 heavy (non-hydrogen) atoms. The highest BCUT2D eigenvalue weighted by molar-refractivity contribution is 5.96. The Labute approximate surface area is 102 Å². The van der Waals surface area contributed by atoms with Gasteiger partial charge in [-0.15, -0.1) is 0 Å². The first-order valence-corrected chi connectivity index (χ1v) is 6.12. The normalized spacial score (nSPS) is 21.5. The first-order valence-electron chi connectivity index (χ1n) is 6.12. The molecule has 0 saturated carbocycles. The first-order chi connectivity index (χ1) is 8.04. The second-order valence-electron chi connectivity index (χ2n) is 4.41. The molecular weight excluding hydrogens is 220 g/mol. The lowest BCUT2D eigenvalue weighted by molar-refractivity contribution is -0.124. The van der Waals surface area contributed by atoms with Gasteiger partial charge in [-0.3, -0.25) is 15.0 Å². The van der Waals surface area contributed by atoms with Crippen LogP contribution in [0.2, 0.25) is 0 Å². The van der Waals surface area contributed by atoms with E-state index in [1.807, 2.05) is 11.8 Å². The number of rotatable bonds is 5. The molecule has 0 aromatic heterocycles. The number of nitrogens with two attached hydrogens (primary N) is 1. The van der Waals surface area contributed by atoms with E-state index in [1.165, 1.54) is 6.42 Å². The minimum Gasteiger partial charge on any atom is -0.351 e. The summed E-state index contributed by atoms with van der Waals surface area (Å²) in [6.07, 6.45) is 2.32. The van der Waals surface area contributed by atoms with Gasteiger partial charge in [-0.05, 0) is 32.9 Å². The Morgan fingerprint density at radius 1 is 1.59 bits per heavy atom. The van der Waals surface area contributed by atoms with Gasteiger partial charge in [0.05, 0.1) is 6.04 Å². The SMILES string of the molecule is CCN(CC1CCCN1)C(C)C(=O)NC(N)=O. The number of carbonyl (C=O) groups excluding carboxylic acids is 2. The van der Waals surface area contributed by atoms with Gasteiger partial charge in [0.1, 0.15) is 0 Å². The number of nitrogens with zero attached hydrogens (tertiary/aromatic N) is 1. The zero-order valence-electron chi connectivity index (χ0n) is 10.5. The Hall–Kier alpha value is -1.14. The maximum absolute atomic E-state index is 11.7. The van der Waals surface area contributed by atoms with Gasteiger partial charge in [-0.25, -0.2) is 4.79 Å². The first kappa shape index (κ1) is 13.9. The molecule has 0 aromatic carbocycles. The minimum atomic E-state index is -0.795. The Morgan fingerprint density at radius 3 is 2.76 bits per heavy atom. The van der Waals surface area contributed by atoms with Gasteiger partial charge >= 0.3 is 6.03 Å². The molecule has 1 heterocycles. The van der Waals surface area contributed by atoms with Crippen LogP contribution < -0.4 is 16.4 Å². The van der Waals surface area contributed by atoms with Crippen molar-refractivity contribution in [2.75, 3.05) is 19.6 Å². The van der Waals surface area contributed by atoms with Crippen LogP contribution in [-0.4, -0.2) is 48.6 Å². The van der Waals surface area contributed by atoms with Gasteiger partial charge in [-0.1, -0.05) is 6.92 Å². The van der Waals surface area contributed by atoms with Crippen LogP contribution in [0.15, 0.2) is 0 Å². The average molecular weight is 242 g/mol. The van der Waals surface area contributed by atoms with Crippen LogP contribution in [0.25, 0.3) is 0 Å². The summed E-state index contributed by atoms with van der Waals surface area (Å²) in [4.78, 5) is 24.3. The fraction of sp³-hybridized carbons (Fsp3) is 0.818. The number of hydrogen-bond donors (Lipinski definition) is 3. The number of likely N-dealkylation sites (N-methyl/N-ethyl adjacent to an activating group) is 1. The average Bonchev–Trinajstić information content (AvgIpc) is 2.76. The molecule has 1 aliphatic rings. The summed E-state index contributed by atoms with van der Waals surface area (Å²) in [5.74, 6) is -0.336. The van der Waals surface area contributed by atoms with Crippen LogP contribution in [0, 0.1) is 0 Å². The van der Waals surface area contributed by atoms with Gasteiger partial charge in [0.15, 0.2) is 0 Å². The van der Waals surface area contributed by atoms with E-state index in [-0.39, 0.29) is 11.9 Å². The van der Waals surface area contributed by atoms with Crippen molar-refractivity contribution in [1.82, 2.24) is 15.5 Å². The molecule has 2 unspecified atom stereocenters. The maximum atomic E-state index is 11.7. The molecule has 1 aliphatic heterocycles. The second kappa shape index (κ2) is 6.56. The Morgan fingerprint density at radius 2 is 2.29 bits per heavy atom. The summed E-state index contributed by atoms with van der Waals surface area (Å²) in [6.45, 7) is 6.43. The zero-order valence-corrected chi connectivity index (χ0v) is 10.5. The fourth-order valence-corrected chi connectivity index (χ4v) is 2.15. The van der Waals surface area contributed by atoms with Crippen LogP contribution in [0.4, 0.5) is 4.79 Å². The third kappa shape index (κ3) is 4.32. The number of nitrogens with one attached hydrogen (secondary N) is 2. The Bertz CT molecular complexity index is 277. The van der Waals surface area contributed by atoms with Crippen LogP contribution >= 0.6 is 0 Å². The van der Waals surface area contributed by atoms with Gasteiger partial charge in [-0.2, -0.15) is 0 Å². The van der Waals surface area contributed by atoms with Crippen LogP contribution in [0.5, 0.6) is 0 Å². The molecule has 0 radical (unpaired) electrons. The van der Waals surface area contributed by atoms with Crippen molar-refractivity contribution in [3.63, 3.8) is 0 Å². The van der Waals surface area contributed by atoms with Gasteiger partial charge < -0.3 is 11.1 Å². The van der Waals surface area contributed by atoms with Crippen molar-refractivity contribution in [2.45, 2.75) is 38.8 Å². The molecule has 6 heteroatoms. The monoisotopic (exact) mass is 242 g/mol. The summed E-state index contributed by atoms with van der Waals surface area (Å²) in [6, 6.07) is -0.689. The van der Waals surface area contributed by atoms with E-state index < -0.39 is 6.03 Å². The van der Waals surface area contributed by atoms with Crippen molar-refractivity contribution in [3.05, 3.63) is 0 Å². The van der Waals surface area contributed by atoms with E-state index >= 15 is 0 Å². The third-order valence-electron chi connectivity index (χ3n) is 3.20. The second-order valence-corrected chi connectivity index (χ2v) is 4.41.